The standard InChI is InChI=1S/C14H11.3CO.F6P.Fe/c1-3-7-13(8-4-1)11-12-14-9-5-2-6-10-14;3*1-2;1-7(2,3,4,5)6;/h1-9H,10H2;;;;;/q;;;;-1;. The van der Waals surface area contributed by atoms with Crippen LogP contribution in [-0.2, 0) is 31.0 Å². The molecule has 1 aromatic carbocycles. The number of allylic oxidation sites excluding steroid dienone is 4. The Labute approximate surface area is 168 Å². The Balaban J connectivity index is -0.000000177. The van der Waals surface area contributed by atoms with E-state index in [9.17, 15) is 25.2 Å². The largest absolute Gasteiger partial charge is 0 e. The summed E-state index contributed by atoms with van der Waals surface area (Å²) in [7, 11) is -10.7. The summed E-state index contributed by atoms with van der Waals surface area (Å²) in [6, 6.07) is 10.1. The monoisotopic (exact) mass is 464 g/mol. The van der Waals surface area contributed by atoms with Gasteiger partial charge in [-0.25, -0.2) is 0 Å². The molecule has 0 heterocycles. The van der Waals surface area contributed by atoms with Gasteiger partial charge < -0.3 is 0 Å². The number of halogens is 6. The van der Waals surface area contributed by atoms with Crippen LogP contribution in [0.25, 0.3) is 0 Å². The van der Waals surface area contributed by atoms with Crippen LogP contribution in [0.15, 0.2) is 54.1 Å². The molecule has 0 aliphatic heterocycles. The fourth-order valence-electron chi connectivity index (χ4n) is 1.28. The van der Waals surface area contributed by atoms with Gasteiger partial charge in [-0.1, -0.05) is 48.3 Å². The minimum absolute atomic E-state index is 0. The molecule has 0 atom stereocenters. The van der Waals surface area contributed by atoms with Crippen LogP contribution in [0, 0.1) is 38.2 Å². The average molecular weight is 464 g/mol. The Kier molecular flexibility index (Phi) is 18.0. The maximum absolute atomic E-state index is 10.7. The molecule has 0 saturated carbocycles. The Bertz CT molecular complexity index is 714. The van der Waals surface area contributed by atoms with E-state index in [2.05, 4.69) is 44.3 Å². The predicted octanol–water partition coefficient (Wildman–Crippen LogP) is 6.40. The molecule has 153 valence electrons. The molecule has 2 rings (SSSR count). The summed E-state index contributed by atoms with van der Waals surface area (Å²) in [6.07, 6.45) is 9.22. The first-order valence-corrected chi connectivity index (χ1v) is 8.37. The molecule has 0 aromatic heterocycles. The van der Waals surface area contributed by atoms with Crippen LogP contribution in [0.2, 0.25) is 0 Å². The zero-order valence-electron chi connectivity index (χ0n) is 13.7. The zero-order valence-corrected chi connectivity index (χ0v) is 15.7. The van der Waals surface area contributed by atoms with Gasteiger partial charge in [0.15, 0.2) is 0 Å². The van der Waals surface area contributed by atoms with Gasteiger partial charge in [0.2, 0.25) is 0 Å². The molecule has 0 bridgehead atoms. The number of hydrogen-bond donors (Lipinski definition) is 0. The van der Waals surface area contributed by atoms with Crippen LogP contribution in [0.4, 0.5) is 25.2 Å². The normalized spacial score (nSPS) is 13.1. The second kappa shape index (κ2) is 15.0. The molecule has 0 amide bonds. The number of hydrogen-bond acceptors (Lipinski definition) is 0. The van der Waals surface area contributed by atoms with Gasteiger partial charge in [-0.15, -0.1) is 0 Å². The molecule has 0 N–H and O–H groups in total. The fraction of sp³-hybridized carbons (Fsp3) is 0.0588. The molecule has 1 aromatic rings. The third kappa shape index (κ3) is 35.2. The van der Waals surface area contributed by atoms with E-state index in [1.54, 1.807) is 0 Å². The van der Waals surface area contributed by atoms with E-state index in [4.69, 9.17) is 14.0 Å². The van der Waals surface area contributed by atoms with Crippen LogP contribution in [-0.4, -0.2) is 0 Å². The number of benzene rings is 1. The third-order valence-electron chi connectivity index (χ3n) is 2.02. The quantitative estimate of drug-likeness (QED) is 0.107. The van der Waals surface area contributed by atoms with E-state index < -0.39 is 7.81 Å². The van der Waals surface area contributed by atoms with Crippen molar-refractivity contribution in [2.24, 2.45) is 0 Å². The summed E-state index contributed by atoms with van der Waals surface area (Å²) in [5.41, 5.74) is 2.25. The maximum Gasteiger partial charge on any atom is 0 e. The number of rotatable bonds is 0. The molecule has 0 unspecified atom stereocenters. The van der Waals surface area contributed by atoms with Crippen molar-refractivity contribution in [1.82, 2.24) is 0 Å². The molecule has 0 spiro atoms. The summed E-state index contributed by atoms with van der Waals surface area (Å²) in [5.74, 6) is 6.31. The first-order valence-electron chi connectivity index (χ1n) is 6.34. The van der Waals surface area contributed by atoms with Gasteiger partial charge in [0.1, 0.15) is 0 Å². The van der Waals surface area contributed by atoms with Crippen LogP contribution < -0.4 is 0 Å². The molecular formula is C17H11F6FeO3P-. The van der Waals surface area contributed by atoms with Gasteiger partial charge in [0, 0.05) is 28.2 Å². The molecular weight excluding hydrogens is 453 g/mol. The predicted molar refractivity (Wildman–Crippen MR) is 84.8 cm³/mol. The first-order chi connectivity index (χ1) is 12.4. The van der Waals surface area contributed by atoms with Gasteiger partial charge in [0.05, 0.1) is 0 Å². The molecule has 1 aliphatic carbocycles. The van der Waals surface area contributed by atoms with E-state index in [0.717, 1.165) is 12.0 Å². The van der Waals surface area contributed by atoms with E-state index in [1.165, 1.54) is 5.57 Å². The van der Waals surface area contributed by atoms with Gasteiger partial charge in [0.25, 0.3) is 0 Å². The summed E-state index contributed by atoms with van der Waals surface area (Å²) >= 11 is 0. The molecule has 1 aliphatic rings. The average Bonchev–Trinajstić information content (AvgIpc) is 2.64. The zero-order chi connectivity index (χ0) is 22.0. The molecule has 11 heteroatoms. The van der Waals surface area contributed by atoms with Crippen molar-refractivity contribution < 1.29 is 56.2 Å². The topological polar surface area (TPSA) is 59.7 Å². The molecule has 0 saturated heterocycles. The van der Waals surface area contributed by atoms with Crippen molar-refractivity contribution in [3.63, 3.8) is 0 Å². The Morgan fingerprint density at radius 3 is 1.54 bits per heavy atom. The van der Waals surface area contributed by atoms with Crippen LogP contribution in [0.5, 0.6) is 0 Å². The summed E-state index contributed by atoms with van der Waals surface area (Å²) < 4.78 is 81.7. The van der Waals surface area contributed by atoms with Crippen molar-refractivity contribution >= 4 is 7.81 Å². The smallest absolute Gasteiger partial charge is 0 e. The van der Waals surface area contributed by atoms with Crippen molar-refractivity contribution in [3.05, 3.63) is 86.1 Å². The summed E-state index contributed by atoms with van der Waals surface area (Å²) in [5, 5.41) is 0. The van der Waals surface area contributed by atoms with Gasteiger partial charge in [-0.05, 0) is 25.0 Å². The van der Waals surface area contributed by atoms with Crippen molar-refractivity contribution in [1.29, 1.82) is 0 Å². The van der Waals surface area contributed by atoms with E-state index in [1.807, 2.05) is 42.5 Å². The van der Waals surface area contributed by atoms with Crippen molar-refractivity contribution in [3.8, 4) is 11.8 Å². The molecule has 1 radical (unpaired) electrons. The molecule has 3 nitrogen and oxygen atoms in total. The molecule has 28 heavy (non-hydrogen) atoms. The summed E-state index contributed by atoms with van der Waals surface area (Å²) in [4.78, 5) is 0. The molecule has 0 fully saturated rings. The maximum atomic E-state index is 9.87. The van der Waals surface area contributed by atoms with Gasteiger partial charge >= 0.3 is 66.9 Å². The van der Waals surface area contributed by atoms with E-state index >= 15 is 0 Å². The van der Waals surface area contributed by atoms with Gasteiger partial charge in [-0.2, -0.15) is 0 Å². The van der Waals surface area contributed by atoms with Crippen LogP contribution in [0.3, 0.4) is 0 Å². The van der Waals surface area contributed by atoms with Crippen molar-refractivity contribution in [2.75, 3.05) is 0 Å². The second-order valence-corrected chi connectivity index (χ2v) is 6.01. The Hall–Kier alpha value is -1.99. The Morgan fingerprint density at radius 1 is 0.750 bits per heavy atom. The van der Waals surface area contributed by atoms with Gasteiger partial charge in [-0.3, -0.25) is 0 Å². The minimum Gasteiger partial charge on any atom is 0 e. The minimum atomic E-state index is -10.7. The SMILES string of the molecule is C(#Cc1ccccc1)C1=CC=C[CH]C1.F[P-](F)(F)(F)(F)F.[C-]#[O+].[C-]#[O+].[C-]#[O+].[Fe]. The van der Waals surface area contributed by atoms with Crippen LogP contribution >= 0.6 is 7.81 Å². The third-order valence-corrected chi connectivity index (χ3v) is 2.02. The van der Waals surface area contributed by atoms with E-state index in [-0.39, 0.29) is 17.1 Å². The van der Waals surface area contributed by atoms with E-state index in [0.29, 0.717) is 0 Å². The second-order valence-electron chi connectivity index (χ2n) is 4.09. The Morgan fingerprint density at radius 2 is 1.18 bits per heavy atom. The summed E-state index contributed by atoms with van der Waals surface area (Å²) in [6.45, 7) is 13.5. The fourth-order valence-corrected chi connectivity index (χ4v) is 1.28. The first kappa shape index (κ1) is 33.6. The van der Waals surface area contributed by atoms with Crippen molar-refractivity contribution in [2.45, 2.75) is 6.42 Å². The van der Waals surface area contributed by atoms with Crippen LogP contribution in [0.1, 0.15) is 12.0 Å².